The molecule has 20 heavy (non-hydrogen) atoms. The van der Waals surface area contributed by atoms with Gasteiger partial charge in [0.2, 0.25) is 5.91 Å². The molecule has 1 aliphatic heterocycles. The fraction of sp³-hybridized carbons (Fsp3) is 0.429. The van der Waals surface area contributed by atoms with Crippen molar-refractivity contribution in [3.63, 3.8) is 0 Å². The first-order chi connectivity index (χ1) is 9.41. The van der Waals surface area contributed by atoms with E-state index in [4.69, 9.17) is 5.73 Å². The number of rotatable bonds is 3. The molecule has 1 aromatic rings. The molecule has 1 heterocycles. The third-order valence-electron chi connectivity index (χ3n) is 3.79. The standard InChI is InChI=1S/C14H17FN2O3/c1-8-5-6-9(13(16)18)7-17(8)12-10(14(19)20)3-2-4-11(12)15/h2-4,8-9H,5-7H2,1H3,(H2,16,18)(H,19,20). The lowest BCUT2D eigenvalue weighted by Gasteiger charge is -2.39. The number of nitrogens with two attached hydrogens (primary N) is 1. The number of carbonyl (C=O) groups excluding carboxylic acids is 1. The maximum atomic E-state index is 14.1. The number of primary amides is 1. The highest BCUT2D eigenvalue weighted by Crippen LogP contribution is 2.32. The molecule has 108 valence electrons. The van der Waals surface area contributed by atoms with Gasteiger partial charge in [-0.05, 0) is 31.9 Å². The Morgan fingerprint density at radius 1 is 1.40 bits per heavy atom. The predicted molar refractivity (Wildman–Crippen MR) is 72.1 cm³/mol. The molecule has 1 amide bonds. The Kier molecular flexibility index (Phi) is 3.92. The van der Waals surface area contributed by atoms with Crippen LogP contribution >= 0.6 is 0 Å². The number of carbonyl (C=O) groups is 2. The largest absolute Gasteiger partial charge is 0.478 e. The fourth-order valence-electron chi connectivity index (χ4n) is 2.63. The number of anilines is 1. The number of halogens is 1. The summed E-state index contributed by atoms with van der Waals surface area (Å²) in [5.74, 6) is -2.60. The first-order valence-electron chi connectivity index (χ1n) is 6.49. The molecule has 3 N–H and O–H groups in total. The topological polar surface area (TPSA) is 83.6 Å². The van der Waals surface area contributed by atoms with E-state index in [0.29, 0.717) is 12.8 Å². The Morgan fingerprint density at radius 3 is 2.70 bits per heavy atom. The van der Waals surface area contributed by atoms with Crippen molar-refractivity contribution in [3.8, 4) is 0 Å². The molecule has 2 unspecified atom stereocenters. The van der Waals surface area contributed by atoms with E-state index >= 15 is 0 Å². The van der Waals surface area contributed by atoms with Crippen LogP contribution in [0.1, 0.15) is 30.1 Å². The number of piperidine rings is 1. The Labute approximate surface area is 116 Å². The molecule has 2 atom stereocenters. The summed E-state index contributed by atoms with van der Waals surface area (Å²) >= 11 is 0. The summed E-state index contributed by atoms with van der Waals surface area (Å²) in [5.41, 5.74) is 5.26. The van der Waals surface area contributed by atoms with Crippen molar-refractivity contribution < 1.29 is 19.1 Å². The van der Waals surface area contributed by atoms with Gasteiger partial charge < -0.3 is 15.7 Å². The van der Waals surface area contributed by atoms with Gasteiger partial charge in [0, 0.05) is 12.6 Å². The normalized spacial score (nSPS) is 22.6. The summed E-state index contributed by atoms with van der Waals surface area (Å²) < 4.78 is 14.1. The molecular formula is C14H17FN2O3. The zero-order chi connectivity index (χ0) is 14.9. The van der Waals surface area contributed by atoms with Crippen LogP contribution < -0.4 is 10.6 Å². The van der Waals surface area contributed by atoms with Gasteiger partial charge in [0.15, 0.2) is 0 Å². The van der Waals surface area contributed by atoms with Crippen LogP contribution in [0.3, 0.4) is 0 Å². The molecule has 0 aromatic heterocycles. The van der Waals surface area contributed by atoms with Gasteiger partial charge in [0.25, 0.3) is 0 Å². The number of benzene rings is 1. The summed E-state index contributed by atoms with van der Waals surface area (Å²) in [6.07, 6.45) is 1.31. The second kappa shape index (κ2) is 5.48. The quantitative estimate of drug-likeness (QED) is 0.881. The second-order valence-electron chi connectivity index (χ2n) is 5.12. The smallest absolute Gasteiger partial charge is 0.337 e. The van der Waals surface area contributed by atoms with Gasteiger partial charge in [-0.15, -0.1) is 0 Å². The Bertz CT molecular complexity index is 547. The van der Waals surface area contributed by atoms with E-state index in [1.807, 2.05) is 6.92 Å². The van der Waals surface area contributed by atoms with Crippen molar-refractivity contribution in [2.75, 3.05) is 11.4 Å². The number of hydrogen-bond acceptors (Lipinski definition) is 3. The van der Waals surface area contributed by atoms with Gasteiger partial charge >= 0.3 is 5.97 Å². The zero-order valence-corrected chi connectivity index (χ0v) is 11.2. The zero-order valence-electron chi connectivity index (χ0n) is 11.2. The van der Waals surface area contributed by atoms with Crippen molar-refractivity contribution >= 4 is 17.6 Å². The summed E-state index contributed by atoms with van der Waals surface area (Å²) in [5, 5.41) is 9.20. The van der Waals surface area contributed by atoms with Crippen molar-refractivity contribution in [2.24, 2.45) is 11.7 Å². The summed E-state index contributed by atoms with van der Waals surface area (Å²) in [4.78, 5) is 24.2. The lowest BCUT2D eigenvalue weighted by molar-refractivity contribution is -0.122. The number of aromatic carboxylic acids is 1. The van der Waals surface area contributed by atoms with Crippen LogP contribution in [0.15, 0.2) is 18.2 Å². The molecular weight excluding hydrogens is 263 g/mol. The highest BCUT2D eigenvalue weighted by Gasteiger charge is 2.32. The highest BCUT2D eigenvalue weighted by atomic mass is 19.1. The maximum absolute atomic E-state index is 14.1. The average molecular weight is 280 g/mol. The van der Waals surface area contributed by atoms with E-state index in [1.165, 1.54) is 18.2 Å². The number of nitrogens with zero attached hydrogens (tertiary/aromatic N) is 1. The summed E-state index contributed by atoms with van der Waals surface area (Å²) in [6.45, 7) is 2.13. The molecule has 5 nitrogen and oxygen atoms in total. The van der Waals surface area contributed by atoms with Gasteiger partial charge in [-0.25, -0.2) is 9.18 Å². The maximum Gasteiger partial charge on any atom is 0.337 e. The molecule has 6 heteroatoms. The third kappa shape index (κ3) is 2.59. The summed E-state index contributed by atoms with van der Waals surface area (Å²) in [7, 11) is 0. The van der Waals surface area contributed by atoms with Gasteiger partial charge in [-0.2, -0.15) is 0 Å². The minimum absolute atomic E-state index is 0.0402. The molecule has 0 spiro atoms. The van der Waals surface area contributed by atoms with E-state index in [0.717, 1.165) is 0 Å². The Morgan fingerprint density at radius 2 is 2.10 bits per heavy atom. The van der Waals surface area contributed by atoms with Crippen molar-refractivity contribution in [2.45, 2.75) is 25.8 Å². The molecule has 1 fully saturated rings. The van der Waals surface area contributed by atoms with Crippen molar-refractivity contribution in [3.05, 3.63) is 29.6 Å². The average Bonchev–Trinajstić information content (AvgIpc) is 2.39. The highest BCUT2D eigenvalue weighted by molar-refractivity contribution is 5.95. The number of amides is 1. The Balaban J connectivity index is 2.43. The SMILES string of the molecule is CC1CCC(C(N)=O)CN1c1c(F)cccc1C(=O)O. The van der Waals surface area contributed by atoms with Crippen LogP contribution in [0.25, 0.3) is 0 Å². The van der Waals surface area contributed by atoms with Crippen LogP contribution in [-0.2, 0) is 4.79 Å². The number of carboxylic acids is 1. The lowest BCUT2D eigenvalue weighted by Crippen LogP contribution is -2.46. The molecule has 1 saturated heterocycles. The van der Waals surface area contributed by atoms with Crippen LogP contribution in [0.5, 0.6) is 0 Å². The first-order valence-corrected chi connectivity index (χ1v) is 6.49. The van der Waals surface area contributed by atoms with Crippen molar-refractivity contribution in [1.82, 2.24) is 0 Å². The van der Waals surface area contributed by atoms with E-state index in [1.54, 1.807) is 4.90 Å². The van der Waals surface area contributed by atoms with E-state index in [9.17, 15) is 19.1 Å². The fourth-order valence-corrected chi connectivity index (χ4v) is 2.63. The lowest BCUT2D eigenvalue weighted by atomic mass is 9.91. The van der Waals surface area contributed by atoms with Crippen LogP contribution in [0.4, 0.5) is 10.1 Å². The monoisotopic (exact) mass is 280 g/mol. The molecule has 0 bridgehead atoms. The molecule has 2 rings (SSSR count). The van der Waals surface area contributed by atoms with E-state index in [2.05, 4.69) is 0 Å². The van der Waals surface area contributed by atoms with E-state index < -0.39 is 17.7 Å². The third-order valence-corrected chi connectivity index (χ3v) is 3.79. The number of para-hydroxylation sites is 1. The van der Waals surface area contributed by atoms with Crippen molar-refractivity contribution in [1.29, 1.82) is 0 Å². The molecule has 1 aliphatic rings. The predicted octanol–water partition coefficient (Wildman–Crippen LogP) is 1.61. The molecule has 0 aliphatic carbocycles. The minimum Gasteiger partial charge on any atom is -0.478 e. The molecule has 0 radical (unpaired) electrons. The van der Waals surface area contributed by atoms with Crippen LogP contribution in [-0.4, -0.2) is 29.6 Å². The Hall–Kier alpha value is -2.11. The van der Waals surface area contributed by atoms with Gasteiger partial charge in [0.1, 0.15) is 5.82 Å². The number of carboxylic acid groups (broad SMARTS) is 1. The minimum atomic E-state index is -1.19. The molecule has 0 saturated carbocycles. The van der Waals surface area contributed by atoms with Gasteiger partial charge in [-0.3, -0.25) is 4.79 Å². The summed E-state index contributed by atoms with van der Waals surface area (Å²) in [6, 6.07) is 3.91. The van der Waals surface area contributed by atoms with Gasteiger partial charge in [-0.1, -0.05) is 6.07 Å². The second-order valence-corrected chi connectivity index (χ2v) is 5.12. The van der Waals surface area contributed by atoms with Crippen LogP contribution in [0, 0.1) is 11.7 Å². The van der Waals surface area contributed by atoms with Crippen LogP contribution in [0.2, 0.25) is 0 Å². The van der Waals surface area contributed by atoms with E-state index in [-0.39, 0.29) is 29.8 Å². The van der Waals surface area contributed by atoms with Gasteiger partial charge in [0.05, 0.1) is 17.2 Å². The molecule has 1 aromatic carbocycles. The number of hydrogen-bond donors (Lipinski definition) is 2. The first kappa shape index (κ1) is 14.3.